The molecule has 2 aromatic rings. The minimum absolute atomic E-state index is 0.488. The van der Waals surface area contributed by atoms with Gasteiger partial charge >= 0.3 is 0 Å². The number of nitrogens with two attached hydrogens (primary N) is 1. The Morgan fingerprint density at radius 3 is 2.89 bits per heavy atom. The minimum atomic E-state index is 0.488. The Hall–Kier alpha value is -2.01. The van der Waals surface area contributed by atoms with Crippen LogP contribution < -0.4 is 15.2 Å². The summed E-state index contributed by atoms with van der Waals surface area (Å²) in [6.45, 7) is 1.79. The molecule has 96 valence electrons. The lowest BCUT2D eigenvalue weighted by Gasteiger charge is -2.12. The lowest BCUT2D eigenvalue weighted by atomic mass is 10.2. The Morgan fingerprint density at radius 2 is 2.22 bits per heavy atom. The first kappa shape index (κ1) is 12.4. The highest BCUT2D eigenvalue weighted by Crippen LogP contribution is 2.27. The van der Waals surface area contributed by atoms with E-state index < -0.39 is 0 Å². The molecule has 0 bridgehead atoms. The first-order chi connectivity index (χ1) is 8.83. The third kappa shape index (κ3) is 3.01. The highest BCUT2D eigenvalue weighted by Gasteiger charge is 2.05. The number of ether oxygens (including phenoxy) is 2. The summed E-state index contributed by atoms with van der Waals surface area (Å²) in [5.74, 6) is 1.44. The van der Waals surface area contributed by atoms with Crippen molar-refractivity contribution in [2.45, 2.75) is 13.1 Å². The monoisotopic (exact) mass is 247 g/mol. The summed E-state index contributed by atoms with van der Waals surface area (Å²) in [5.41, 5.74) is 6.63. The summed E-state index contributed by atoms with van der Waals surface area (Å²) < 4.78 is 12.9. The van der Waals surface area contributed by atoms with E-state index in [1.54, 1.807) is 19.6 Å². The fourth-order valence-electron chi connectivity index (χ4n) is 1.64. The highest BCUT2D eigenvalue weighted by molar-refractivity contribution is 5.42. The van der Waals surface area contributed by atoms with E-state index in [4.69, 9.17) is 15.2 Å². The molecule has 1 aromatic heterocycles. The molecule has 0 amide bonds. The maximum absolute atomic E-state index is 5.71. The number of nitrogens with zero attached hydrogens (tertiary/aromatic N) is 2. The third-order valence-electron chi connectivity index (χ3n) is 2.63. The molecular weight excluding hydrogens is 230 g/mol. The van der Waals surface area contributed by atoms with Crippen LogP contribution >= 0.6 is 0 Å². The van der Waals surface area contributed by atoms with Crippen LogP contribution in [-0.2, 0) is 13.1 Å². The fraction of sp³-hybridized carbons (Fsp3) is 0.308. The van der Waals surface area contributed by atoms with Gasteiger partial charge in [-0.05, 0) is 17.7 Å². The number of imidazole rings is 1. The van der Waals surface area contributed by atoms with Gasteiger partial charge < -0.3 is 19.8 Å². The van der Waals surface area contributed by atoms with Crippen molar-refractivity contribution in [1.82, 2.24) is 9.55 Å². The summed E-state index contributed by atoms with van der Waals surface area (Å²) in [5, 5.41) is 0. The van der Waals surface area contributed by atoms with Crippen LogP contribution in [0.1, 0.15) is 5.56 Å². The molecule has 1 aromatic carbocycles. The van der Waals surface area contributed by atoms with Gasteiger partial charge in [0.15, 0.2) is 11.5 Å². The molecule has 0 aliphatic carbocycles. The van der Waals surface area contributed by atoms with Crippen LogP contribution in [0.3, 0.4) is 0 Å². The molecule has 0 radical (unpaired) electrons. The first-order valence-electron chi connectivity index (χ1n) is 5.79. The van der Waals surface area contributed by atoms with Gasteiger partial charge in [-0.2, -0.15) is 0 Å². The summed E-state index contributed by atoms with van der Waals surface area (Å²) in [7, 11) is 1.63. The van der Waals surface area contributed by atoms with Crippen molar-refractivity contribution in [2.24, 2.45) is 5.73 Å². The zero-order valence-electron chi connectivity index (χ0n) is 10.4. The normalized spacial score (nSPS) is 10.3. The summed E-state index contributed by atoms with van der Waals surface area (Å²) in [6, 6.07) is 5.71. The van der Waals surface area contributed by atoms with Gasteiger partial charge in [-0.1, -0.05) is 6.07 Å². The van der Waals surface area contributed by atoms with Gasteiger partial charge in [0, 0.05) is 18.9 Å². The standard InChI is InChI=1S/C13H17N3O2/c1-17-12-3-2-11(9-14)8-13(12)18-7-6-16-5-4-15-10-16/h2-5,8,10H,6-7,9,14H2,1H3. The Balaban J connectivity index is 1.98. The molecule has 5 heteroatoms. The molecule has 0 saturated carbocycles. The fourth-order valence-corrected chi connectivity index (χ4v) is 1.64. The quantitative estimate of drug-likeness (QED) is 0.838. The minimum Gasteiger partial charge on any atom is -0.493 e. The van der Waals surface area contributed by atoms with E-state index in [-0.39, 0.29) is 0 Å². The van der Waals surface area contributed by atoms with Crippen molar-refractivity contribution in [3.8, 4) is 11.5 Å². The van der Waals surface area contributed by atoms with Crippen molar-refractivity contribution >= 4 is 0 Å². The van der Waals surface area contributed by atoms with Gasteiger partial charge in [-0.25, -0.2) is 4.98 Å². The maximum atomic E-state index is 5.71. The van der Waals surface area contributed by atoms with Gasteiger partial charge in [0.05, 0.1) is 20.0 Å². The van der Waals surface area contributed by atoms with E-state index in [2.05, 4.69) is 4.98 Å². The number of hydrogen-bond donors (Lipinski definition) is 1. The van der Waals surface area contributed by atoms with Crippen molar-refractivity contribution in [3.63, 3.8) is 0 Å². The topological polar surface area (TPSA) is 62.3 Å². The number of benzene rings is 1. The SMILES string of the molecule is COc1ccc(CN)cc1OCCn1ccnc1. The Bertz CT molecular complexity index is 483. The van der Waals surface area contributed by atoms with Crippen LogP contribution in [0.15, 0.2) is 36.9 Å². The van der Waals surface area contributed by atoms with Crippen molar-refractivity contribution in [1.29, 1.82) is 0 Å². The molecule has 0 spiro atoms. The van der Waals surface area contributed by atoms with E-state index in [0.29, 0.717) is 13.2 Å². The molecule has 18 heavy (non-hydrogen) atoms. The maximum Gasteiger partial charge on any atom is 0.161 e. The smallest absolute Gasteiger partial charge is 0.161 e. The van der Waals surface area contributed by atoms with E-state index >= 15 is 0 Å². The van der Waals surface area contributed by atoms with E-state index in [1.165, 1.54) is 0 Å². The summed E-state index contributed by atoms with van der Waals surface area (Å²) >= 11 is 0. The summed E-state index contributed by atoms with van der Waals surface area (Å²) in [6.07, 6.45) is 5.41. The van der Waals surface area contributed by atoms with Crippen LogP contribution in [0.25, 0.3) is 0 Å². The second kappa shape index (κ2) is 6.07. The molecule has 5 nitrogen and oxygen atoms in total. The predicted octanol–water partition coefficient (Wildman–Crippen LogP) is 1.43. The number of hydrogen-bond acceptors (Lipinski definition) is 4. The molecule has 0 fully saturated rings. The van der Waals surface area contributed by atoms with Crippen molar-refractivity contribution in [3.05, 3.63) is 42.5 Å². The zero-order valence-corrected chi connectivity index (χ0v) is 10.4. The third-order valence-corrected chi connectivity index (χ3v) is 2.63. The number of methoxy groups -OCH3 is 1. The molecule has 0 atom stereocenters. The molecule has 2 rings (SSSR count). The van der Waals surface area contributed by atoms with Crippen LogP contribution in [0.2, 0.25) is 0 Å². The number of rotatable bonds is 6. The van der Waals surface area contributed by atoms with E-state index in [0.717, 1.165) is 23.6 Å². The largest absolute Gasteiger partial charge is 0.493 e. The molecule has 1 heterocycles. The summed E-state index contributed by atoms with van der Waals surface area (Å²) in [4.78, 5) is 3.98. The first-order valence-corrected chi connectivity index (χ1v) is 5.79. The van der Waals surface area contributed by atoms with Crippen LogP contribution in [-0.4, -0.2) is 23.3 Å². The Labute approximate surface area is 106 Å². The second-order valence-corrected chi connectivity index (χ2v) is 3.84. The average molecular weight is 247 g/mol. The Kier molecular flexibility index (Phi) is 4.20. The molecule has 0 aliphatic rings. The van der Waals surface area contributed by atoms with E-state index in [9.17, 15) is 0 Å². The second-order valence-electron chi connectivity index (χ2n) is 3.84. The predicted molar refractivity (Wildman–Crippen MR) is 68.6 cm³/mol. The molecule has 0 saturated heterocycles. The van der Waals surface area contributed by atoms with Crippen molar-refractivity contribution < 1.29 is 9.47 Å². The van der Waals surface area contributed by atoms with Gasteiger partial charge in [-0.3, -0.25) is 0 Å². The van der Waals surface area contributed by atoms with E-state index in [1.807, 2.05) is 29.0 Å². The molecule has 0 unspecified atom stereocenters. The average Bonchev–Trinajstić information content (AvgIpc) is 2.92. The van der Waals surface area contributed by atoms with Crippen LogP contribution in [0.4, 0.5) is 0 Å². The van der Waals surface area contributed by atoms with Crippen LogP contribution in [0, 0.1) is 0 Å². The van der Waals surface area contributed by atoms with Crippen molar-refractivity contribution in [2.75, 3.05) is 13.7 Å². The lowest BCUT2D eigenvalue weighted by molar-refractivity contribution is 0.279. The highest BCUT2D eigenvalue weighted by atomic mass is 16.5. The molecule has 2 N–H and O–H groups in total. The van der Waals surface area contributed by atoms with Gasteiger partial charge in [0.1, 0.15) is 6.61 Å². The molecular formula is C13H17N3O2. The Morgan fingerprint density at radius 1 is 1.33 bits per heavy atom. The van der Waals surface area contributed by atoms with Crippen LogP contribution in [0.5, 0.6) is 11.5 Å². The van der Waals surface area contributed by atoms with Gasteiger partial charge in [0.25, 0.3) is 0 Å². The van der Waals surface area contributed by atoms with Gasteiger partial charge in [-0.15, -0.1) is 0 Å². The van der Waals surface area contributed by atoms with Gasteiger partial charge in [0.2, 0.25) is 0 Å². The zero-order chi connectivity index (χ0) is 12.8. The lowest BCUT2D eigenvalue weighted by Crippen LogP contribution is -2.07. The molecule has 0 aliphatic heterocycles. The number of aromatic nitrogens is 2.